The molecule has 0 aliphatic carbocycles. The summed E-state index contributed by atoms with van der Waals surface area (Å²) in [7, 11) is 0. The number of nitrogen functional groups attached to an aromatic ring is 1. The zero-order chi connectivity index (χ0) is 14.5. The van der Waals surface area contributed by atoms with Gasteiger partial charge in [0.1, 0.15) is 0 Å². The molecule has 3 N–H and O–H groups in total. The molecule has 102 valence electrons. The Bertz CT molecular complexity index is 628. The van der Waals surface area contributed by atoms with Crippen molar-refractivity contribution in [1.82, 2.24) is 0 Å². The van der Waals surface area contributed by atoms with Crippen LogP contribution >= 0.6 is 11.6 Å². The van der Waals surface area contributed by atoms with Crippen LogP contribution in [-0.4, -0.2) is 5.91 Å². The van der Waals surface area contributed by atoms with Crippen molar-refractivity contribution in [2.24, 2.45) is 0 Å². The third-order valence-corrected chi connectivity index (χ3v) is 3.08. The molecule has 4 heteroatoms. The third-order valence-electron chi connectivity index (χ3n) is 2.78. The molecule has 0 aromatic heterocycles. The highest BCUT2D eigenvalue weighted by molar-refractivity contribution is 6.34. The first-order chi connectivity index (χ1) is 9.56. The summed E-state index contributed by atoms with van der Waals surface area (Å²) in [6.07, 6.45) is 3.22. The summed E-state index contributed by atoms with van der Waals surface area (Å²) in [4.78, 5) is 11.9. The highest BCUT2D eigenvalue weighted by Crippen LogP contribution is 2.28. The number of hydrogen-bond donors (Lipinski definition) is 2. The number of carbonyl (C=O) groups is 1. The van der Waals surface area contributed by atoms with E-state index in [1.165, 1.54) is 6.08 Å². The summed E-state index contributed by atoms with van der Waals surface area (Å²) in [5.74, 6) is -0.233. The van der Waals surface area contributed by atoms with Crippen LogP contribution in [0.4, 0.5) is 11.4 Å². The van der Waals surface area contributed by atoms with Crippen LogP contribution in [0.5, 0.6) is 0 Å². The molecule has 0 aliphatic heterocycles. The number of nitrogens with one attached hydrogen (secondary N) is 1. The average Bonchev–Trinajstić information content (AvgIpc) is 2.42. The Morgan fingerprint density at radius 2 is 1.95 bits per heavy atom. The number of halogens is 1. The first-order valence-electron chi connectivity index (χ1n) is 6.16. The zero-order valence-electron chi connectivity index (χ0n) is 11.1. The smallest absolute Gasteiger partial charge is 0.248 e. The van der Waals surface area contributed by atoms with E-state index in [-0.39, 0.29) is 5.91 Å². The van der Waals surface area contributed by atoms with E-state index >= 15 is 0 Å². The lowest BCUT2D eigenvalue weighted by atomic mass is 10.1. The van der Waals surface area contributed by atoms with Crippen molar-refractivity contribution < 1.29 is 4.79 Å². The van der Waals surface area contributed by atoms with Crippen LogP contribution in [0, 0.1) is 6.92 Å². The predicted octanol–water partition coefficient (Wildman–Crippen LogP) is 3.88. The van der Waals surface area contributed by atoms with E-state index in [1.807, 2.05) is 37.3 Å². The highest BCUT2D eigenvalue weighted by Gasteiger charge is 2.07. The molecule has 20 heavy (non-hydrogen) atoms. The predicted molar refractivity (Wildman–Crippen MR) is 84.7 cm³/mol. The van der Waals surface area contributed by atoms with E-state index in [9.17, 15) is 4.79 Å². The van der Waals surface area contributed by atoms with Gasteiger partial charge in [-0.15, -0.1) is 0 Å². The molecule has 0 radical (unpaired) electrons. The second-order valence-corrected chi connectivity index (χ2v) is 4.84. The molecule has 0 unspecified atom stereocenters. The number of rotatable bonds is 3. The summed E-state index contributed by atoms with van der Waals surface area (Å²) in [5.41, 5.74) is 8.63. The number of anilines is 2. The van der Waals surface area contributed by atoms with Crippen LogP contribution in [0.15, 0.2) is 48.5 Å². The Morgan fingerprint density at radius 3 is 2.60 bits per heavy atom. The van der Waals surface area contributed by atoms with Crippen molar-refractivity contribution in [3.8, 4) is 0 Å². The Labute approximate surface area is 123 Å². The second-order valence-electron chi connectivity index (χ2n) is 4.43. The van der Waals surface area contributed by atoms with Crippen LogP contribution < -0.4 is 11.1 Å². The van der Waals surface area contributed by atoms with E-state index < -0.39 is 0 Å². The van der Waals surface area contributed by atoms with Gasteiger partial charge in [-0.1, -0.05) is 41.9 Å². The Hall–Kier alpha value is -2.26. The van der Waals surface area contributed by atoms with Crippen LogP contribution in [0.25, 0.3) is 6.08 Å². The molecule has 3 nitrogen and oxygen atoms in total. The van der Waals surface area contributed by atoms with Gasteiger partial charge in [0.2, 0.25) is 5.91 Å². The number of nitrogens with two attached hydrogens (primary N) is 1. The van der Waals surface area contributed by atoms with Gasteiger partial charge in [0.05, 0.1) is 10.7 Å². The number of aryl methyl sites for hydroxylation is 1. The van der Waals surface area contributed by atoms with Crippen LogP contribution in [0.1, 0.15) is 11.1 Å². The van der Waals surface area contributed by atoms with Crippen molar-refractivity contribution >= 4 is 35.0 Å². The SMILES string of the molecule is Cc1cc(N)cc(Cl)c1NC(=O)/C=C/c1ccccc1. The number of benzene rings is 2. The van der Waals surface area contributed by atoms with Crippen molar-refractivity contribution in [2.75, 3.05) is 11.1 Å². The molecular weight excluding hydrogens is 272 g/mol. The van der Waals surface area contributed by atoms with Crippen LogP contribution in [0.2, 0.25) is 5.02 Å². The van der Waals surface area contributed by atoms with Gasteiger partial charge in [0, 0.05) is 11.8 Å². The minimum atomic E-state index is -0.233. The van der Waals surface area contributed by atoms with Gasteiger partial charge in [-0.3, -0.25) is 4.79 Å². The molecule has 0 atom stereocenters. The lowest BCUT2D eigenvalue weighted by Crippen LogP contribution is -2.09. The van der Waals surface area contributed by atoms with Crippen LogP contribution in [-0.2, 0) is 4.79 Å². The van der Waals surface area contributed by atoms with E-state index in [0.29, 0.717) is 16.4 Å². The molecule has 0 saturated carbocycles. The van der Waals surface area contributed by atoms with E-state index in [4.69, 9.17) is 17.3 Å². The van der Waals surface area contributed by atoms with Gasteiger partial charge in [0.25, 0.3) is 0 Å². The minimum absolute atomic E-state index is 0.233. The van der Waals surface area contributed by atoms with E-state index in [2.05, 4.69) is 5.32 Å². The molecule has 0 fully saturated rings. The summed E-state index contributed by atoms with van der Waals surface area (Å²) < 4.78 is 0. The second kappa shape index (κ2) is 6.26. The maximum Gasteiger partial charge on any atom is 0.248 e. The van der Waals surface area contributed by atoms with Crippen LogP contribution in [0.3, 0.4) is 0 Å². The topological polar surface area (TPSA) is 55.1 Å². The maximum atomic E-state index is 11.9. The molecule has 0 aliphatic rings. The normalized spacial score (nSPS) is 10.7. The molecule has 2 aromatic rings. The summed E-state index contributed by atoms with van der Waals surface area (Å²) in [5, 5.41) is 3.20. The average molecular weight is 287 g/mol. The minimum Gasteiger partial charge on any atom is -0.399 e. The van der Waals surface area contributed by atoms with Gasteiger partial charge >= 0.3 is 0 Å². The van der Waals surface area contributed by atoms with E-state index in [0.717, 1.165) is 11.1 Å². The number of hydrogen-bond acceptors (Lipinski definition) is 2. The summed E-state index contributed by atoms with van der Waals surface area (Å²) >= 11 is 6.08. The first-order valence-corrected chi connectivity index (χ1v) is 6.54. The third kappa shape index (κ3) is 3.62. The largest absolute Gasteiger partial charge is 0.399 e. The standard InChI is InChI=1S/C16H15ClN2O/c1-11-9-13(18)10-14(17)16(11)19-15(20)8-7-12-5-3-2-4-6-12/h2-10H,18H2,1H3,(H,19,20)/b8-7+. The molecule has 0 bridgehead atoms. The fourth-order valence-corrected chi connectivity index (χ4v) is 2.15. The number of carbonyl (C=O) groups excluding carboxylic acids is 1. The Kier molecular flexibility index (Phi) is 4.43. The van der Waals surface area contributed by atoms with Gasteiger partial charge in [-0.25, -0.2) is 0 Å². The van der Waals surface area contributed by atoms with Crippen molar-refractivity contribution in [1.29, 1.82) is 0 Å². The van der Waals surface area contributed by atoms with Crippen molar-refractivity contribution in [2.45, 2.75) is 6.92 Å². The summed E-state index contributed by atoms with van der Waals surface area (Å²) in [6, 6.07) is 13.0. The lowest BCUT2D eigenvalue weighted by molar-refractivity contribution is -0.111. The zero-order valence-corrected chi connectivity index (χ0v) is 11.8. The highest BCUT2D eigenvalue weighted by atomic mass is 35.5. The molecule has 0 heterocycles. The van der Waals surface area contributed by atoms with E-state index in [1.54, 1.807) is 18.2 Å². The molecule has 2 rings (SSSR count). The van der Waals surface area contributed by atoms with Gasteiger partial charge in [-0.05, 0) is 36.3 Å². The number of amides is 1. The van der Waals surface area contributed by atoms with Gasteiger partial charge in [0.15, 0.2) is 0 Å². The molecule has 0 saturated heterocycles. The fourth-order valence-electron chi connectivity index (χ4n) is 1.83. The Morgan fingerprint density at radius 1 is 1.25 bits per heavy atom. The molecule has 0 spiro atoms. The van der Waals surface area contributed by atoms with Gasteiger partial charge < -0.3 is 11.1 Å². The Balaban J connectivity index is 2.11. The van der Waals surface area contributed by atoms with Crippen molar-refractivity contribution in [3.63, 3.8) is 0 Å². The summed E-state index contributed by atoms with van der Waals surface area (Å²) in [6.45, 7) is 1.85. The van der Waals surface area contributed by atoms with Crippen molar-refractivity contribution in [3.05, 3.63) is 64.7 Å². The molecular formula is C16H15ClN2O. The lowest BCUT2D eigenvalue weighted by Gasteiger charge is -2.09. The first kappa shape index (κ1) is 14.2. The fraction of sp³-hybridized carbons (Fsp3) is 0.0625. The maximum absolute atomic E-state index is 11.9. The monoisotopic (exact) mass is 286 g/mol. The van der Waals surface area contributed by atoms with Gasteiger partial charge in [-0.2, -0.15) is 0 Å². The molecule has 2 aromatic carbocycles. The molecule has 1 amide bonds. The quantitative estimate of drug-likeness (QED) is 0.664.